The Kier molecular flexibility index (Phi) is 11.6. The monoisotopic (exact) mass is 698 g/mol. The number of allylic oxidation sites excluding steroid dienone is 1. The number of fused-ring (bicyclic) bond motifs is 5. The van der Waals surface area contributed by atoms with Gasteiger partial charge in [0.2, 0.25) is 5.75 Å². The molecule has 1 N–H and O–H groups in total. The van der Waals surface area contributed by atoms with Crippen molar-refractivity contribution in [2.45, 2.75) is 136 Å². The van der Waals surface area contributed by atoms with E-state index in [1.807, 2.05) is 18.2 Å². The minimum atomic E-state index is -0.394. The molecule has 1 saturated heterocycles. The molecule has 1 aromatic rings. The van der Waals surface area contributed by atoms with Crippen molar-refractivity contribution in [2.75, 3.05) is 20.8 Å². The van der Waals surface area contributed by atoms with Gasteiger partial charge in [0.05, 0.1) is 26.4 Å². The number of rotatable bonds is 11. The van der Waals surface area contributed by atoms with E-state index in [2.05, 4.69) is 40.7 Å². The molecule has 0 bridgehead atoms. The molecule has 6 rings (SSSR count). The van der Waals surface area contributed by atoms with Gasteiger partial charge in [0, 0.05) is 24.7 Å². The van der Waals surface area contributed by atoms with Gasteiger partial charge < -0.3 is 33.5 Å². The summed E-state index contributed by atoms with van der Waals surface area (Å²) in [6, 6.07) is 5.52. The van der Waals surface area contributed by atoms with Gasteiger partial charge in [-0.3, -0.25) is 0 Å². The minimum Gasteiger partial charge on any atom is -0.493 e. The third-order valence-electron chi connectivity index (χ3n) is 13.7. The van der Waals surface area contributed by atoms with Crippen molar-refractivity contribution >= 4 is 17.5 Å². The first-order chi connectivity index (χ1) is 23.5. The van der Waals surface area contributed by atoms with Crippen molar-refractivity contribution in [1.29, 1.82) is 0 Å². The number of ether oxygens (including phenoxy) is 6. The molecule has 4 aliphatic carbocycles. The van der Waals surface area contributed by atoms with E-state index in [0.717, 1.165) is 64.4 Å². The number of thiocarbonyl (C=S) groups is 1. The van der Waals surface area contributed by atoms with Gasteiger partial charge in [0.15, 0.2) is 17.8 Å². The van der Waals surface area contributed by atoms with Gasteiger partial charge in [0.25, 0.3) is 0 Å². The van der Waals surface area contributed by atoms with Gasteiger partial charge in [-0.2, -0.15) is 0 Å². The number of hydrogen-bond donors (Lipinski definition) is 1. The molecule has 1 aromatic carbocycles. The molecular weight excluding hydrogens is 637 g/mol. The van der Waals surface area contributed by atoms with Crippen molar-refractivity contribution in [2.24, 2.45) is 46.3 Å². The molecule has 7 nitrogen and oxygen atoms in total. The summed E-state index contributed by atoms with van der Waals surface area (Å²) in [5.41, 5.74) is 1.85. The van der Waals surface area contributed by atoms with Crippen molar-refractivity contribution in [1.82, 2.24) is 0 Å². The Bertz CT molecular complexity index is 1300. The Hall–Kier alpha value is -1.87. The Balaban J connectivity index is 1.23. The Morgan fingerprint density at radius 2 is 1.76 bits per heavy atom. The molecule has 274 valence electrons. The normalized spacial score (nSPS) is 36.8. The maximum atomic E-state index is 11.6. The lowest BCUT2D eigenvalue weighted by molar-refractivity contribution is -0.195. The van der Waals surface area contributed by atoms with Crippen LogP contribution in [0.15, 0.2) is 29.8 Å². The molecule has 1 unspecified atom stereocenters. The minimum absolute atomic E-state index is 0.0280. The molecule has 49 heavy (non-hydrogen) atoms. The highest BCUT2D eigenvalue weighted by molar-refractivity contribution is 7.79. The first-order valence-electron chi connectivity index (χ1n) is 19.2. The van der Waals surface area contributed by atoms with Crippen LogP contribution in [0.4, 0.5) is 0 Å². The van der Waals surface area contributed by atoms with E-state index >= 15 is 0 Å². The maximum absolute atomic E-state index is 11.6. The topological polar surface area (TPSA) is 75.6 Å². The van der Waals surface area contributed by atoms with Crippen molar-refractivity contribution in [3.63, 3.8) is 0 Å². The van der Waals surface area contributed by atoms with E-state index in [1.165, 1.54) is 19.3 Å². The number of aliphatic hydroxyl groups is 1. The molecule has 0 amide bonds. The van der Waals surface area contributed by atoms with Crippen LogP contribution in [0.5, 0.6) is 17.2 Å². The first kappa shape index (κ1) is 36.9. The lowest BCUT2D eigenvalue weighted by Gasteiger charge is -2.58. The lowest BCUT2D eigenvalue weighted by atomic mass is 9.47. The molecule has 0 radical (unpaired) electrons. The van der Waals surface area contributed by atoms with Crippen LogP contribution >= 0.6 is 12.2 Å². The highest BCUT2D eigenvalue weighted by Gasteiger charge is 2.63. The van der Waals surface area contributed by atoms with Crippen LogP contribution in [0, 0.1) is 46.3 Å². The fraction of sp³-hybridized carbons (Fsp3) is 0.780. The lowest BCUT2D eigenvalue weighted by Crippen LogP contribution is -2.52. The molecule has 11 atom stereocenters. The van der Waals surface area contributed by atoms with Crippen molar-refractivity contribution in [3.8, 4) is 17.2 Å². The van der Waals surface area contributed by atoms with Gasteiger partial charge >= 0.3 is 5.24 Å². The van der Waals surface area contributed by atoms with E-state index < -0.39 is 6.10 Å². The number of methoxy groups -OCH3 is 2. The highest BCUT2D eigenvalue weighted by Crippen LogP contribution is 2.68. The standard InChI is InChI=1S/C41H62O7S/c1-25(2)14-17-32(42)26(3)37-35(47-39(49)48-38-33(43-6)11-10-12-34(38)44-7)24-31-29-16-15-27-23-28(46-36-13-8-9-22-45-36)18-20-40(27,4)30(29)19-21-41(31,37)5/h10-12,15,25-26,28-32,35-37,42H,8-9,13-14,16-24H2,1-7H3/t26-,28+,29-,30+,31+,32-,35-,36?,37+,40+,41+/m1/s1. The Morgan fingerprint density at radius 3 is 2.43 bits per heavy atom. The summed E-state index contributed by atoms with van der Waals surface area (Å²) in [6.07, 6.45) is 15.1. The average molecular weight is 699 g/mol. The molecule has 3 saturated carbocycles. The van der Waals surface area contributed by atoms with Gasteiger partial charge in [-0.15, -0.1) is 0 Å². The van der Waals surface area contributed by atoms with Crippen LogP contribution in [0.1, 0.15) is 112 Å². The Labute approximate surface area is 300 Å². The van der Waals surface area contributed by atoms with E-state index in [4.69, 9.17) is 40.6 Å². The summed E-state index contributed by atoms with van der Waals surface area (Å²) < 4.78 is 36.5. The predicted octanol–water partition coefficient (Wildman–Crippen LogP) is 9.29. The third kappa shape index (κ3) is 7.41. The molecule has 4 fully saturated rings. The van der Waals surface area contributed by atoms with Crippen LogP contribution in [-0.4, -0.2) is 55.8 Å². The zero-order valence-corrected chi connectivity index (χ0v) is 31.9. The summed E-state index contributed by atoms with van der Waals surface area (Å²) in [4.78, 5) is 0. The van der Waals surface area contributed by atoms with Crippen LogP contribution in [-0.2, 0) is 14.2 Å². The molecule has 0 spiro atoms. The second-order valence-corrected chi connectivity index (χ2v) is 17.1. The van der Waals surface area contributed by atoms with Crippen LogP contribution in [0.3, 0.4) is 0 Å². The molecule has 0 aromatic heterocycles. The summed E-state index contributed by atoms with van der Waals surface area (Å²) in [7, 11) is 3.21. The van der Waals surface area contributed by atoms with Gasteiger partial charge in [0.1, 0.15) is 6.10 Å². The summed E-state index contributed by atoms with van der Waals surface area (Å²) >= 11 is 5.81. The third-order valence-corrected chi connectivity index (χ3v) is 13.8. The van der Waals surface area contributed by atoms with Crippen molar-refractivity contribution in [3.05, 3.63) is 29.8 Å². The largest absolute Gasteiger partial charge is 0.493 e. The first-order valence-corrected chi connectivity index (χ1v) is 19.6. The van der Waals surface area contributed by atoms with Crippen molar-refractivity contribution < 1.29 is 33.5 Å². The second-order valence-electron chi connectivity index (χ2n) is 16.8. The SMILES string of the molecule is COc1cccc(OC)c1OC(=S)O[C@@H]1C[C@H]2[C@@H]3CC=C4C[C@@H](OC5CCCCO5)CC[C@]4(C)[C@H]3CC[C@]2(C)[C@H]1[C@H](C)[C@H](O)CCC(C)C. The molecular formula is C41H62O7S. The van der Waals surface area contributed by atoms with E-state index in [-0.39, 0.29) is 46.4 Å². The molecule has 1 heterocycles. The number of para-hydroxylation sites is 1. The average Bonchev–Trinajstić information content (AvgIpc) is 3.38. The maximum Gasteiger partial charge on any atom is 0.358 e. The second kappa shape index (κ2) is 15.4. The number of aliphatic hydroxyl groups excluding tert-OH is 1. The van der Waals surface area contributed by atoms with Crippen LogP contribution in [0.2, 0.25) is 0 Å². The van der Waals surface area contributed by atoms with E-state index in [1.54, 1.807) is 19.8 Å². The van der Waals surface area contributed by atoms with E-state index in [0.29, 0.717) is 40.9 Å². The molecule has 8 heteroatoms. The zero-order valence-electron chi connectivity index (χ0n) is 31.1. The smallest absolute Gasteiger partial charge is 0.358 e. The van der Waals surface area contributed by atoms with Gasteiger partial charge in [-0.1, -0.05) is 52.3 Å². The molecule has 1 aliphatic heterocycles. The fourth-order valence-electron chi connectivity index (χ4n) is 11.0. The number of benzene rings is 1. The van der Waals surface area contributed by atoms with E-state index in [9.17, 15) is 5.11 Å². The van der Waals surface area contributed by atoms with Gasteiger partial charge in [-0.05, 0) is 130 Å². The predicted molar refractivity (Wildman–Crippen MR) is 196 cm³/mol. The summed E-state index contributed by atoms with van der Waals surface area (Å²) in [5.74, 6) is 3.96. The number of hydrogen-bond acceptors (Lipinski definition) is 8. The Morgan fingerprint density at radius 1 is 1.00 bits per heavy atom. The zero-order chi connectivity index (χ0) is 34.9. The van der Waals surface area contributed by atoms with Gasteiger partial charge in [-0.25, -0.2) is 0 Å². The van der Waals surface area contributed by atoms with Crippen LogP contribution in [0.25, 0.3) is 0 Å². The fourth-order valence-corrected chi connectivity index (χ4v) is 11.2. The summed E-state index contributed by atoms with van der Waals surface area (Å²) in [6.45, 7) is 12.6. The highest BCUT2D eigenvalue weighted by atomic mass is 32.1. The quantitative estimate of drug-likeness (QED) is 0.181. The van der Waals surface area contributed by atoms with Crippen LogP contribution < -0.4 is 14.2 Å². The summed E-state index contributed by atoms with van der Waals surface area (Å²) in [5, 5.41) is 11.7. The molecule has 5 aliphatic rings.